The summed E-state index contributed by atoms with van der Waals surface area (Å²) in [4.78, 5) is 26.0. The van der Waals surface area contributed by atoms with E-state index in [1.807, 2.05) is 24.3 Å². The van der Waals surface area contributed by atoms with Crippen LogP contribution in [0.4, 0.5) is 11.4 Å². The van der Waals surface area contributed by atoms with Gasteiger partial charge in [0.05, 0.1) is 18.5 Å². The van der Waals surface area contributed by atoms with E-state index in [2.05, 4.69) is 26.0 Å². The van der Waals surface area contributed by atoms with Gasteiger partial charge in [-0.1, -0.05) is 42.5 Å². The maximum atomic E-state index is 12.4. The minimum absolute atomic E-state index is 0.148. The molecular formula is C24H22N6O4. The number of ether oxygens (including phenoxy) is 2. The minimum atomic E-state index is -0.340. The molecule has 0 aliphatic rings. The molecule has 172 valence electrons. The van der Waals surface area contributed by atoms with E-state index in [1.165, 1.54) is 11.9 Å². The Balaban J connectivity index is 1.40. The van der Waals surface area contributed by atoms with Crippen LogP contribution in [0.1, 0.15) is 0 Å². The molecule has 1 aromatic heterocycles. The summed E-state index contributed by atoms with van der Waals surface area (Å²) in [6, 6.07) is 23.2. The second-order valence-electron chi connectivity index (χ2n) is 7.09. The quantitative estimate of drug-likeness (QED) is 0.396. The number of hydrogen-bond acceptors (Lipinski definition) is 7. The first kappa shape index (κ1) is 22.5. The molecule has 0 bridgehead atoms. The average molecular weight is 458 g/mol. The maximum Gasteiger partial charge on any atom is 0.262 e. The molecule has 4 aromatic rings. The SMILES string of the molecule is COc1ccccc1NC(=O)Cn1nnc(-c2ccccc2NC(=O)COc2ccccc2)n1. The van der Waals surface area contributed by atoms with Gasteiger partial charge in [-0.05, 0) is 41.6 Å². The normalized spacial score (nSPS) is 10.4. The topological polar surface area (TPSA) is 120 Å². The van der Waals surface area contributed by atoms with Crippen LogP contribution in [0, 0.1) is 0 Å². The maximum absolute atomic E-state index is 12.4. The molecule has 10 heteroatoms. The Morgan fingerprint density at radius 3 is 2.32 bits per heavy atom. The van der Waals surface area contributed by atoms with E-state index < -0.39 is 0 Å². The highest BCUT2D eigenvalue weighted by Gasteiger charge is 2.15. The molecule has 0 spiro atoms. The number of methoxy groups -OCH3 is 1. The fourth-order valence-electron chi connectivity index (χ4n) is 3.12. The lowest BCUT2D eigenvalue weighted by atomic mass is 10.1. The van der Waals surface area contributed by atoms with Crippen LogP contribution in [-0.2, 0) is 16.1 Å². The number of aromatic nitrogens is 4. The van der Waals surface area contributed by atoms with Crippen LogP contribution in [0.3, 0.4) is 0 Å². The van der Waals surface area contributed by atoms with Crippen molar-refractivity contribution in [2.45, 2.75) is 6.54 Å². The summed E-state index contributed by atoms with van der Waals surface area (Å²) < 4.78 is 10.7. The van der Waals surface area contributed by atoms with Crippen molar-refractivity contribution in [1.29, 1.82) is 0 Å². The van der Waals surface area contributed by atoms with Gasteiger partial charge >= 0.3 is 0 Å². The number of amides is 2. The Bertz CT molecular complexity index is 1280. The van der Waals surface area contributed by atoms with Crippen molar-refractivity contribution in [3.05, 3.63) is 78.9 Å². The molecule has 0 radical (unpaired) electrons. The highest BCUT2D eigenvalue weighted by atomic mass is 16.5. The van der Waals surface area contributed by atoms with Gasteiger partial charge in [-0.3, -0.25) is 9.59 Å². The molecule has 0 saturated heterocycles. The fourth-order valence-corrected chi connectivity index (χ4v) is 3.12. The Hall–Kier alpha value is -4.73. The largest absolute Gasteiger partial charge is 0.495 e. The predicted octanol–water partition coefficient (Wildman–Crippen LogP) is 3.00. The van der Waals surface area contributed by atoms with Gasteiger partial charge in [-0.25, -0.2) is 0 Å². The van der Waals surface area contributed by atoms with Crippen LogP contribution < -0.4 is 20.1 Å². The molecule has 0 unspecified atom stereocenters. The third-order valence-electron chi connectivity index (χ3n) is 4.67. The number of carbonyl (C=O) groups excluding carboxylic acids is 2. The van der Waals surface area contributed by atoms with Crippen molar-refractivity contribution in [2.24, 2.45) is 0 Å². The van der Waals surface area contributed by atoms with Gasteiger partial charge in [0.1, 0.15) is 18.0 Å². The zero-order chi connectivity index (χ0) is 23.8. The summed E-state index contributed by atoms with van der Waals surface area (Å²) >= 11 is 0. The number of benzene rings is 3. The molecule has 0 fully saturated rings. The first-order valence-electron chi connectivity index (χ1n) is 10.4. The van der Waals surface area contributed by atoms with Crippen molar-refractivity contribution in [1.82, 2.24) is 20.2 Å². The smallest absolute Gasteiger partial charge is 0.262 e. The number of rotatable bonds is 9. The molecule has 4 rings (SSSR count). The van der Waals surface area contributed by atoms with Gasteiger partial charge in [-0.15, -0.1) is 10.2 Å². The monoisotopic (exact) mass is 458 g/mol. The van der Waals surface area contributed by atoms with E-state index in [0.29, 0.717) is 28.4 Å². The third kappa shape index (κ3) is 5.74. The van der Waals surface area contributed by atoms with Crippen LogP contribution in [0.2, 0.25) is 0 Å². The summed E-state index contributed by atoms with van der Waals surface area (Å²) in [6.45, 7) is -0.300. The molecule has 0 aliphatic heterocycles. The van der Waals surface area contributed by atoms with E-state index >= 15 is 0 Å². The number of anilines is 2. The summed E-state index contributed by atoms with van der Waals surface area (Å²) in [7, 11) is 1.53. The lowest BCUT2D eigenvalue weighted by Gasteiger charge is -2.10. The first-order chi connectivity index (χ1) is 16.6. The van der Waals surface area contributed by atoms with Crippen molar-refractivity contribution >= 4 is 23.2 Å². The van der Waals surface area contributed by atoms with Crippen molar-refractivity contribution in [3.63, 3.8) is 0 Å². The van der Waals surface area contributed by atoms with E-state index in [-0.39, 0.29) is 30.8 Å². The molecule has 10 nitrogen and oxygen atoms in total. The second-order valence-corrected chi connectivity index (χ2v) is 7.09. The lowest BCUT2D eigenvalue weighted by Crippen LogP contribution is -2.21. The number of nitrogens with zero attached hydrogens (tertiary/aromatic N) is 4. The zero-order valence-corrected chi connectivity index (χ0v) is 18.3. The summed E-state index contributed by atoms with van der Waals surface area (Å²) in [5, 5.41) is 17.8. The summed E-state index contributed by atoms with van der Waals surface area (Å²) in [5.74, 6) is 0.740. The van der Waals surface area contributed by atoms with Gasteiger partial charge in [0.2, 0.25) is 11.7 Å². The predicted molar refractivity (Wildman–Crippen MR) is 125 cm³/mol. The second kappa shape index (κ2) is 10.7. The molecule has 0 saturated carbocycles. The number of nitrogens with one attached hydrogen (secondary N) is 2. The van der Waals surface area contributed by atoms with Crippen LogP contribution in [0.15, 0.2) is 78.9 Å². The van der Waals surface area contributed by atoms with Crippen LogP contribution in [0.25, 0.3) is 11.4 Å². The number of carbonyl (C=O) groups is 2. The minimum Gasteiger partial charge on any atom is -0.495 e. The Morgan fingerprint density at radius 2 is 1.53 bits per heavy atom. The molecule has 2 N–H and O–H groups in total. The third-order valence-corrected chi connectivity index (χ3v) is 4.67. The Kier molecular flexibility index (Phi) is 7.09. The standard InChI is InChI=1S/C24H22N6O4/c1-33-21-14-8-7-13-20(21)26-22(31)15-30-28-24(27-29-30)18-11-5-6-12-19(18)25-23(32)16-34-17-9-3-2-4-10-17/h2-14H,15-16H2,1H3,(H,25,32)(H,26,31). The highest BCUT2D eigenvalue weighted by Crippen LogP contribution is 2.25. The van der Waals surface area contributed by atoms with E-state index in [9.17, 15) is 9.59 Å². The summed E-state index contributed by atoms with van der Waals surface area (Å²) in [6.07, 6.45) is 0. The lowest BCUT2D eigenvalue weighted by molar-refractivity contribution is -0.118. The van der Waals surface area contributed by atoms with Gasteiger partial charge in [0.25, 0.3) is 5.91 Å². The van der Waals surface area contributed by atoms with Gasteiger partial charge in [0.15, 0.2) is 6.61 Å². The van der Waals surface area contributed by atoms with Crippen molar-refractivity contribution in [2.75, 3.05) is 24.4 Å². The van der Waals surface area contributed by atoms with Gasteiger partial charge < -0.3 is 20.1 Å². The van der Waals surface area contributed by atoms with Crippen molar-refractivity contribution < 1.29 is 19.1 Å². The van der Waals surface area contributed by atoms with E-state index in [1.54, 1.807) is 54.6 Å². The molecule has 34 heavy (non-hydrogen) atoms. The molecule has 0 aliphatic carbocycles. The molecular weight excluding hydrogens is 436 g/mol. The van der Waals surface area contributed by atoms with Gasteiger partial charge in [-0.2, -0.15) is 4.80 Å². The van der Waals surface area contributed by atoms with Crippen LogP contribution >= 0.6 is 0 Å². The molecule has 1 heterocycles. The number of para-hydroxylation sites is 4. The Morgan fingerprint density at radius 1 is 0.853 bits per heavy atom. The highest BCUT2D eigenvalue weighted by molar-refractivity contribution is 5.95. The average Bonchev–Trinajstić information content (AvgIpc) is 3.32. The fraction of sp³-hybridized carbons (Fsp3) is 0.125. The molecule has 0 atom stereocenters. The van der Waals surface area contributed by atoms with Crippen molar-refractivity contribution in [3.8, 4) is 22.9 Å². The van der Waals surface area contributed by atoms with E-state index in [0.717, 1.165) is 0 Å². The first-order valence-corrected chi connectivity index (χ1v) is 10.4. The van der Waals surface area contributed by atoms with Crippen LogP contribution in [-0.4, -0.2) is 45.7 Å². The number of tetrazole rings is 1. The number of hydrogen-bond donors (Lipinski definition) is 2. The summed E-state index contributed by atoms with van der Waals surface area (Å²) in [5.41, 5.74) is 1.61. The van der Waals surface area contributed by atoms with E-state index in [4.69, 9.17) is 9.47 Å². The zero-order valence-electron chi connectivity index (χ0n) is 18.3. The van der Waals surface area contributed by atoms with Gasteiger partial charge in [0, 0.05) is 5.56 Å². The van der Waals surface area contributed by atoms with Crippen LogP contribution in [0.5, 0.6) is 11.5 Å². The molecule has 2 amide bonds. The Labute approximate surface area is 195 Å². The molecule has 3 aromatic carbocycles.